The van der Waals surface area contributed by atoms with Crippen LogP contribution in [-0.2, 0) is 14.3 Å². The van der Waals surface area contributed by atoms with Crippen molar-refractivity contribution in [2.45, 2.75) is 58.0 Å². The summed E-state index contributed by atoms with van der Waals surface area (Å²) >= 11 is 0. The molecule has 0 aromatic heterocycles. The first-order valence-electron chi connectivity index (χ1n) is 7.71. The zero-order valence-corrected chi connectivity index (χ0v) is 12.2. The fraction of sp³-hybridized carbons (Fsp3) is 0.933. The molecule has 1 saturated carbocycles. The second kappa shape index (κ2) is 7.25. The van der Waals surface area contributed by atoms with Gasteiger partial charge in [0, 0.05) is 18.7 Å². The number of carbonyl (C=O) groups is 1. The van der Waals surface area contributed by atoms with Gasteiger partial charge in [0.15, 0.2) is 0 Å². The molecule has 1 saturated heterocycles. The van der Waals surface area contributed by atoms with E-state index in [1.165, 1.54) is 6.42 Å². The summed E-state index contributed by atoms with van der Waals surface area (Å²) in [7, 11) is 0. The smallest absolute Gasteiger partial charge is 0.308 e. The Balaban J connectivity index is 1.69. The van der Waals surface area contributed by atoms with E-state index in [0.717, 1.165) is 38.9 Å². The van der Waals surface area contributed by atoms with E-state index in [4.69, 9.17) is 9.47 Å². The predicted octanol–water partition coefficient (Wildman–Crippen LogP) is 2.12. The van der Waals surface area contributed by atoms with Crippen LogP contribution in [0.5, 0.6) is 0 Å². The van der Waals surface area contributed by atoms with Gasteiger partial charge in [-0.25, -0.2) is 0 Å². The summed E-state index contributed by atoms with van der Waals surface area (Å²) in [5.74, 6) is 0.782. The van der Waals surface area contributed by atoms with E-state index in [-0.39, 0.29) is 11.9 Å². The highest BCUT2D eigenvalue weighted by Gasteiger charge is 2.29. The third-order valence-corrected chi connectivity index (χ3v) is 4.52. The van der Waals surface area contributed by atoms with Gasteiger partial charge in [-0.3, -0.25) is 4.79 Å². The van der Waals surface area contributed by atoms with E-state index in [0.29, 0.717) is 24.6 Å². The molecular formula is C15H27NO3. The minimum atomic E-state index is -0.00167. The number of rotatable bonds is 5. The van der Waals surface area contributed by atoms with Crippen LogP contribution in [0.1, 0.15) is 46.0 Å². The standard InChI is InChI=1S/C15H27NO3/c1-3-19-15(17)12-4-6-14(7-5-12)16-11(2)13-8-9-18-10-13/h11-14,16H,3-10H2,1-2H3. The molecule has 2 fully saturated rings. The van der Waals surface area contributed by atoms with Crippen molar-refractivity contribution in [3.05, 3.63) is 0 Å². The molecule has 2 rings (SSSR count). The molecule has 2 unspecified atom stereocenters. The number of esters is 1. The van der Waals surface area contributed by atoms with Gasteiger partial charge < -0.3 is 14.8 Å². The molecule has 0 aromatic rings. The van der Waals surface area contributed by atoms with E-state index in [2.05, 4.69) is 12.2 Å². The van der Waals surface area contributed by atoms with Crippen molar-refractivity contribution in [3.63, 3.8) is 0 Å². The fourth-order valence-electron chi connectivity index (χ4n) is 3.21. The zero-order valence-electron chi connectivity index (χ0n) is 12.2. The molecule has 4 heteroatoms. The monoisotopic (exact) mass is 269 g/mol. The number of carbonyl (C=O) groups excluding carboxylic acids is 1. The molecule has 0 radical (unpaired) electrons. The van der Waals surface area contributed by atoms with Crippen molar-refractivity contribution in [3.8, 4) is 0 Å². The summed E-state index contributed by atoms with van der Waals surface area (Å²) in [6.45, 7) is 6.43. The van der Waals surface area contributed by atoms with E-state index >= 15 is 0 Å². The van der Waals surface area contributed by atoms with Crippen molar-refractivity contribution in [1.82, 2.24) is 5.32 Å². The SMILES string of the molecule is CCOC(=O)C1CCC(NC(C)C2CCOC2)CC1. The van der Waals surface area contributed by atoms with E-state index in [1.807, 2.05) is 6.92 Å². The maximum Gasteiger partial charge on any atom is 0.308 e. The summed E-state index contributed by atoms with van der Waals surface area (Å²) in [6.07, 6.45) is 5.27. The second-order valence-electron chi connectivity index (χ2n) is 5.88. The van der Waals surface area contributed by atoms with Crippen LogP contribution in [0.4, 0.5) is 0 Å². The van der Waals surface area contributed by atoms with Gasteiger partial charge in [-0.2, -0.15) is 0 Å². The van der Waals surface area contributed by atoms with Gasteiger partial charge in [0.1, 0.15) is 0 Å². The molecule has 1 N–H and O–H groups in total. The number of hydrogen-bond donors (Lipinski definition) is 1. The minimum Gasteiger partial charge on any atom is -0.466 e. The van der Waals surface area contributed by atoms with E-state index in [9.17, 15) is 4.79 Å². The van der Waals surface area contributed by atoms with Crippen LogP contribution in [0.25, 0.3) is 0 Å². The van der Waals surface area contributed by atoms with Gasteiger partial charge in [0.05, 0.1) is 19.1 Å². The largest absolute Gasteiger partial charge is 0.466 e. The lowest BCUT2D eigenvalue weighted by Crippen LogP contribution is -2.43. The Morgan fingerprint density at radius 2 is 2.05 bits per heavy atom. The summed E-state index contributed by atoms with van der Waals surface area (Å²) < 4.78 is 10.5. The van der Waals surface area contributed by atoms with Crippen LogP contribution in [0.15, 0.2) is 0 Å². The zero-order chi connectivity index (χ0) is 13.7. The highest BCUT2D eigenvalue weighted by atomic mass is 16.5. The third kappa shape index (κ3) is 4.18. The van der Waals surface area contributed by atoms with Gasteiger partial charge in [-0.15, -0.1) is 0 Å². The highest BCUT2D eigenvalue weighted by molar-refractivity contribution is 5.72. The molecule has 0 amide bonds. The van der Waals surface area contributed by atoms with Crippen LogP contribution < -0.4 is 5.32 Å². The topological polar surface area (TPSA) is 47.6 Å². The molecule has 2 atom stereocenters. The summed E-state index contributed by atoms with van der Waals surface area (Å²) in [5.41, 5.74) is 0. The van der Waals surface area contributed by atoms with Crippen molar-refractivity contribution in [2.24, 2.45) is 11.8 Å². The quantitative estimate of drug-likeness (QED) is 0.777. The van der Waals surface area contributed by atoms with E-state index in [1.54, 1.807) is 0 Å². The van der Waals surface area contributed by atoms with Gasteiger partial charge >= 0.3 is 5.97 Å². The molecule has 2 aliphatic rings. The van der Waals surface area contributed by atoms with E-state index < -0.39 is 0 Å². The molecule has 19 heavy (non-hydrogen) atoms. The summed E-state index contributed by atoms with van der Waals surface area (Å²) in [4.78, 5) is 11.7. The fourth-order valence-corrected chi connectivity index (χ4v) is 3.21. The van der Waals surface area contributed by atoms with Crippen molar-refractivity contribution in [2.75, 3.05) is 19.8 Å². The first-order valence-corrected chi connectivity index (χ1v) is 7.71. The van der Waals surface area contributed by atoms with Crippen LogP contribution in [-0.4, -0.2) is 37.9 Å². The molecule has 1 aliphatic heterocycles. The average molecular weight is 269 g/mol. The molecular weight excluding hydrogens is 242 g/mol. The molecule has 0 spiro atoms. The van der Waals surface area contributed by atoms with Gasteiger partial charge in [0.25, 0.3) is 0 Å². The molecule has 0 bridgehead atoms. The van der Waals surface area contributed by atoms with Crippen LogP contribution >= 0.6 is 0 Å². The first kappa shape index (κ1) is 14.8. The second-order valence-corrected chi connectivity index (χ2v) is 5.88. The van der Waals surface area contributed by atoms with Crippen LogP contribution in [0.2, 0.25) is 0 Å². The summed E-state index contributed by atoms with van der Waals surface area (Å²) in [6, 6.07) is 1.08. The maximum atomic E-state index is 11.7. The Kier molecular flexibility index (Phi) is 5.64. The molecule has 4 nitrogen and oxygen atoms in total. The molecule has 1 heterocycles. The van der Waals surface area contributed by atoms with Crippen molar-refractivity contribution < 1.29 is 14.3 Å². The lowest BCUT2D eigenvalue weighted by Gasteiger charge is -2.31. The number of nitrogens with one attached hydrogen (secondary N) is 1. The Morgan fingerprint density at radius 1 is 1.32 bits per heavy atom. The predicted molar refractivity (Wildman–Crippen MR) is 73.9 cm³/mol. The van der Waals surface area contributed by atoms with Crippen LogP contribution in [0, 0.1) is 11.8 Å². The lowest BCUT2D eigenvalue weighted by molar-refractivity contribution is -0.149. The molecule has 110 valence electrons. The Bertz CT molecular complexity index is 281. The molecule has 0 aromatic carbocycles. The Morgan fingerprint density at radius 3 is 2.63 bits per heavy atom. The van der Waals surface area contributed by atoms with Gasteiger partial charge in [-0.05, 0) is 51.9 Å². The first-order chi connectivity index (χ1) is 9.20. The average Bonchev–Trinajstić information content (AvgIpc) is 2.94. The van der Waals surface area contributed by atoms with Crippen LogP contribution in [0.3, 0.4) is 0 Å². The number of hydrogen-bond acceptors (Lipinski definition) is 4. The summed E-state index contributed by atoms with van der Waals surface area (Å²) in [5, 5.41) is 3.72. The lowest BCUT2D eigenvalue weighted by atomic mass is 9.85. The Labute approximate surface area is 116 Å². The van der Waals surface area contributed by atoms with Gasteiger partial charge in [-0.1, -0.05) is 0 Å². The number of ether oxygens (including phenoxy) is 2. The third-order valence-electron chi connectivity index (χ3n) is 4.52. The highest BCUT2D eigenvalue weighted by Crippen LogP contribution is 2.27. The Hall–Kier alpha value is -0.610. The maximum absolute atomic E-state index is 11.7. The van der Waals surface area contributed by atoms with Crippen molar-refractivity contribution >= 4 is 5.97 Å². The van der Waals surface area contributed by atoms with Gasteiger partial charge in [0.2, 0.25) is 0 Å². The normalized spacial score (nSPS) is 33.1. The van der Waals surface area contributed by atoms with Crippen molar-refractivity contribution in [1.29, 1.82) is 0 Å². The molecule has 1 aliphatic carbocycles. The minimum absolute atomic E-state index is 0.00167.